The van der Waals surface area contributed by atoms with Gasteiger partial charge in [-0.25, -0.2) is 4.98 Å². The van der Waals surface area contributed by atoms with Crippen LogP contribution in [0.3, 0.4) is 0 Å². The van der Waals surface area contributed by atoms with E-state index in [1.807, 2.05) is 37.3 Å². The number of aromatic nitrogens is 1. The highest BCUT2D eigenvalue weighted by Crippen LogP contribution is 2.17. The van der Waals surface area contributed by atoms with E-state index in [0.717, 1.165) is 16.8 Å². The molecule has 0 aliphatic heterocycles. The summed E-state index contributed by atoms with van der Waals surface area (Å²) in [7, 11) is 0. The van der Waals surface area contributed by atoms with Crippen LogP contribution in [0.15, 0.2) is 66.9 Å². The SMILES string of the molecule is Cc1ccccc1CC(=O)Nc1ccc(Nc2cccc(C#N)c2)nc1. The molecule has 5 heteroatoms. The molecule has 26 heavy (non-hydrogen) atoms. The maximum absolute atomic E-state index is 12.2. The number of amides is 1. The molecule has 0 radical (unpaired) electrons. The van der Waals surface area contributed by atoms with Gasteiger partial charge in [0.1, 0.15) is 5.82 Å². The van der Waals surface area contributed by atoms with Gasteiger partial charge in [-0.2, -0.15) is 5.26 Å². The lowest BCUT2D eigenvalue weighted by atomic mass is 10.1. The van der Waals surface area contributed by atoms with Crippen LogP contribution in [0, 0.1) is 18.3 Å². The number of aryl methyl sites for hydroxylation is 1. The van der Waals surface area contributed by atoms with Crippen molar-refractivity contribution in [1.82, 2.24) is 4.98 Å². The molecule has 0 bridgehead atoms. The largest absolute Gasteiger partial charge is 0.340 e. The summed E-state index contributed by atoms with van der Waals surface area (Å²) < 4.78 is 0. The Hall–Kier alpha value is -3.65. The summed E-state index contributed by atoms with van der Waals surface area (Å²) in [4.78, 5) is 16.5. The fraction of sp³-hybridized carbons (Fsp3) is 0.0952. The molecule has 0 unspecified atom stereocenters. The molecule has 3 aromatic rings. The van der Waals surface area contributed by atoms with Crippen LogP contribution in [-0.4, -0.2) is 10.9 Å². The van der Waals surface area contributed by atoms with E-state index in [2.05, 4.69) is 21.7 Å². The molecule has 0 fully saturated rings. The van der Waals surface area contributed by atoms with Crippen LogP contribution in [0.4, 0.5) is 17.2 Å². The Bertz CT molecular complexity index is 958. The average molecular weight is 342 g/mol. The number of nitrogens with zero attached hydrogens (tertiary/aromatic N) is 2. The van der Waals surface area contributed by atoms with Crippen molar-refractivity contribution in [2.75, 3.05) is 10.6 Å². The topological polar surface area (TPSA) is 77.8 Å². The first-order valence-electron chi connectivity index (χ1n) is 8.21. The molecule has 5 nitrogen and oxygen atoms in total. The molecule has 3 rings (SSSR count). The molecule has 2 aromatic carbocycles. The van der Waals surface area contributed by atoms with Crippen molar-refractivity contribution in [2.24, 2.45) is 0 Å². The summed E-state index contributed by atoms with van der Waals surface area (Å²) in [6, 6.07) is 20.7. The summed E-state index contributed by atoms with van der Waals surface area (Å²) in [6.45, 7) is 1.99. The monoisotopic (exact) mass is 342 g/mol. The third kappa shape index (κ3) is 4.46. The predicted molar refractivity (Wildman–Crippen MR) is 102 cm³/mol. The van der Waals surface area contributed by atoms with Crippen LogP contribution in [0.5, 0.6) is 0 Å². The zero-order valence-electron chi connectivity index (χ0n) is 14.4. The highest BCUT2D eigenvalue weighted by atomic mass is 16.1. The molecule has 1 heterocycles. The fourth-order valence-electron chi connectivity index (χ4n) is 2.54. The summed E-state index contributed by atoms with van der Waals surface area (Å²) in [5.41, 5.74) is 4.11. The number of hydrogen-bond donors (Lipinski definition) is 2. The number of anilines is 3. The second kappa shape index (κ2) is 7.95. The molecule has 0 aliphatic rings. The minimum Gasteiger partial charge on any atom is -0.340 e. The van der Waals surface area contributed by atoms with Gasteiger partial charge in [-0.15, -0.1) is 0 Å². The normalized spacial score (nSPS) is 10.0. The van der Waals surface area contributed by atoms with Gasteiger partial charge < -0.3 is 10.6 Å². The van der Waals surface area contributed by atoms with E-state index in [9.17, 15) is 4.79 Å². The average Bonchev–Trinajstić information content (AvgIpc) is 2.65. The van der Waals surface area contributed by atoms with Crippen molar-refractivity contribution >= 4 is 23.1 Å². The van der Waals surface area contributed by atoms with E-state index in [4.69, 9.17) is 5.26 Å². The van der Waals surface area contributed by atoms with Gasteiger partial charge in [0.05, 0.1) is 29.9 Å². The van der Waals surface area contributed by atoms with Gasteiger partial charge in [-0.3, -0.25) is 4.79 Å². The number of carbonyl (C=O) groups excluding carboxylic acids is 1. The van der Waals surface area contributed by atoms with E-state index >= 15 is 0 Å². The van der Waals surface area contributed by atoms with Crippen molar-refractivity contribution in [1.29, 1.82) is 5.26 Å². The van der Waals surface area contributed by atoms with E-state index in [-0.39, 0.29) is 5.91 Å². The Morgan fingerprint density at radius 2 is 1.92 bits per heavy atom. The molecule has 0 saturated carbocycles. The first-order valence-corrected chi connectivity index (χ1v) is 8.21. The summed E-state index contributed by atoms with van der Waals surface area (Å²) in [6.07, 6.45) is 1.93. The zero-order valence-corrected chi connectivity index (χ0v) is 14.4. The van der Waals surface area contributed by atoms with Gasteiger partial charge in [0.2, 0.25) is 5.91 Å². The van der Waals surface area contributed by atoms with Crippen LogP contribution < -0.4 is 10.6 Å². The van der Waals surface area contributed by atoms with Gasteiger partial charge in [0.25, 0.3) is 0 Å². The van der Waals surface area contributed by atoms with Gasteiger partial charge in [0, 0.05) is 5.69 Å². The Labute approximate surface area is 152 Å². The molecule has 128 valence electrons. The minimum atomic E-state index is -0.0801. The highest BCUT2D eigenvalue weighted by molar-refractivity contribution is 5.92. The number of pyridine rings is 1. The van der Waals surface area contributed by atoms with Crippen LogP contribution in [0.2, 0.25) is 0 Å². The zero-order chi connectivity index (χ0) is 18.4. The van der Waals surface area contributed by atoms with Crippen molar-refractivity contribution in [3.8, 4) is 6.07 Å². The maximum Gasteiger partial charge on any atom is 0.228 e. The third-order valence-corrected chi connectivity index (χ3v) is 3.92. The smallest absolute Gasteiger partial charge is 0.228 e. The molecule has 0 aliphatic carbocycles. The lowest BCUT2D eigenvalue weighted by molar-refractivity contribution is -0.115. The van der Waals surface area contributed by atoms with Gasteiger partial charge in [-0.05, 0) is 48.4 Å². The molecular formula is C21H18N4O. The van der Waals surface area contributed by atoms with Crippen LogP contribution in [0.1, 0.15) is 16.7 Å². The molecule has 2 N–H and O–H groups in total. The van der Waals surface area contributed by atoms with Gasteiger partial charge in [0.15, 0.2) is 0 Å². The van der Waals surface area contributed by atoms with Crippen LogP contribution in [0.25, 0.3) is 0 Å². The number of hydrogen-bond acceptors (Lipinski definition) is 4. The Balaban J connectivity index is 1.61. The highest BCUT2D eigenvalue weighted by Gasteiger charge is 2.06. The molecule has 0 spiro atoms. The van der Waals surface area contributed by atoms with E-state index in [1.165, 1.54) is 0 Å². The van der Waals surface area contributed by atoms with Crippen molar-refractivity contribution in [2.45, 2.75) is 13.3 Å². The Kier molecular flexibility index (Phi) is 5.25. The maximum atomic E-state index is 12.2. The first kappa shape index (κ1) is 17.2. The quantitative estimate of drug-likeness (QED) is 0.729. The first-order chi connectivity index (χ1) is 12.6. The lowest BCUT2D eigenvalue weighted by Gasteiger charge is -2.09. The summed E-state index contributed by atoms with van der Waals surface area (Å²) >= 11 is 0. The molecular weight excluding hydrogens is 324 g/mol. The van der Waals surface area contributed by atoms with Crippen molar-refractivity contribution in [3.63, 3.8) is 0 Å². The van der Waals surface area contributed by atoms with Gasteiger partial charge >= 0.3 is 0 Å². The molecule has 0 atom stereocenters. The second-order valence-corrected chi connectivity index (χ2v) is 5.90. The van der Waals surface area contributed by atoms with Crippen LogP contribution >= 0.6 is 0 Å². The molecule has 1 aromatic heterocycles. The molecule has 1 amide bonds. The number of rotatable bonds is 5. The minimum absolute atomic E-state index is 0.0801. The predicted octanol–water partition coefficient (Wildman–Crippen LogP) is 4.19. The summed E-state index contributed by atoms with van der Waals surface area (Å²) in [5.74, 6) is 0.556. The Morgan fingerprint density at radius 3 is 2.65 bits per heavy atom. The second-order valence-electron chi connectivity index (χ2n) is 5.90. The summed E-state index contributed by atoms with van der Waals surface area (Å²) in [5, 5.41) is 14.9. The van der Waals surface area contributed by atoms with Crippen LogP contribution in [-0.2, 0) is 11.2 Å². The fourth-order valence-corrected chi connectivity index (χ4v) is 2.54. The standard InChI is InChI=1S/C21H18N4O/c1-15-5-2-3-7-17(15)12-21(26)25-19-9-10-20(23-14-19)24-18-8-4-6-16(11-18)13-22/h2-11,14H,12H2,1H3,(H,23,24)(H,25,26). The Morgan fingerprint density at radius 1 is 1.08 bits per heavy atom. The van der Waals surface area contributed by atoms with E-state index < -0.39 is 0 Å². The third-order valence-electron chi connectivity index (χ3n) is 3.92. The number of benzene rings is 2. The van der Waals surface area contributed by atoms with E-state index in [0.29, 0.717) is 23.5 Å². The number of nitriles is 1. The number of nitrogens with one attached hydrogen (secondary N) is 2. The van der Waals surface area contributed by atoms with Crippen molar-refractivity contribution in [3.05, 3.63) is 83.6 Å². The lowest BCUT2D eigenvalue weighted by Crippen LogP contribution is -2.15. The number of carbonyl (C=O) groups is 1. The van der Waals surface area contributed by atoms with Crippen molar-refractivity contribution < 1.29 is 4.79 Å². The van der Waals surface area contributed by atoms with E-state index in [1.54, 1.807) is 36.5 Å². The van der Waals surface area contributed by atoms with Gasteiger partial charge in [-0.1, -0.05) is 30.3 Å². The molecule has 0 saturated heterocycles.